The summed E-state index contributed by atoms with van der Waals surface area (Å²) >= 11 is 0. The summed E-state index contributed by atoms with van der Waals surface area (Å²) in [7, 11) is -3.56. The third-order valence-corrected chi connectivity index (χ3v) is 8.46. The monoisotopic (exact) mass is 505 g/mol. The van der Waals surface area contributed by atoms with Crippen molar-refractivity contribution >= 4 is 29.1 Å². The minimum atomic E-state index is -4.43. The Morgan fingerprint density at radius 3 is 2.41 bits per heavy atom. The van der Waals surface area contributed by atoms with Crippen LogP contribution in [0.2, 0.25) is 0 Å². The number of pyridine rings is 1. The molecular formula is C18H27ClF3N3O6S. The molecule has 0 aliphatic carbocycles. The van der Waals surface area contributed by atoms with E-state index in [0.717, 1.165) is 0 Å². The van der Waals surface area contributed by atoms with Crippen LogP contribution in [0.4, 0.5) is 13.2 Å². The number of hydroxylamine groups is 1. The van der Waals surface area contributed by atoms with E-state index in [0.29, 0.717) is 18.5 Å². The first kappa shape index (κ1) is 26.9. The predicted molar refractivity (Wildman–Crippen MR) is 112 cm³/mol. The highest BCUT2D eigenvalue weighted by molar-refractivity contribution is 8.24. The molecule has 1 aromatic heterocycles. The molecule has 0 bridgehead atoms. The molecule has 2 saturated heterocycles. The number of aromatic nitrogens is 1. The fraction of sp³-hybridized carbons (Fsp3) is 0.667. The molecule has 0 spiro atoms. The third-order valence-electron chi connectivity index (χ3n) is 5.73. The van der Waals surface area contributed by atoms with E-state index in [-0.39, 0.29) is 63.2 Å². The Morgan fingerprint density at radius 1 is 1.28 bits per heavy atom. The maximum atomic E-state index is 12.4. The van der Waals surface area contributed by atoms with Gasteiger partial charge < -0.3 is 9.47 Å². The summed E-state index contributed by atoms with van der Waals surface area (Å²) in [6, 6.07) is 3.03. The fourth-order valence-electron chi connectivity index (χ4n) is 3.97. The van der Waals surface area contributed by atoms with E-state index in [4.69, 9.17) is 9.94 Å². The summed E-state index contributed by atoms with van der Waals surface area (Å²) in [5.74, 6) is -0.848. The second-order valence-corrected chi connectivity index (χ2v) is 9.93. The van der Waals surface area contributed by atoms with E-state index >= 15 is 0 Å². The molecule has 0 aromatic carbocycles. The number of alkyl halides is 3. The van der Waals surface area contributed by atoms with Crippen molar-refractivity contribution in [1.82, 2.24) is 14.8 Å². The molecule has 9 nitrogen and oxygen atoms in total. The van der Waals surface area contributed by atoms with Crippen molar-refractivity contribution in [2.75, 3.05) is 32.9 Å². The molecule has 2 aliphatic heterocycles. The van der Waals surface area contributed by atoms with E-state index in [2.05, 4.69) is 9.72 Å². The zero-order chi connectivity index (χ0) is 22.7. The Kier molecular flexibility index (Phi) is 9.01. The van der Waals surface area contributed by atoms with Gasteiger partial charge in [-0.1, -0.05) is 0 Å². The highest BCUT2D eigenvalue weighted by Gasteiger charge is 2.54. The van der Waals surface area contributed by atoms with E-state index in [1.807, 2.05) is 0 Å². The number of rotatable bonds is 6. The lowest BCUT2D eigenvalue weighted by molar-refractivity contribution is -0.153. The van der Waals surface area contributed by atoms with Crippen molar-refractivity contribution < 1.29 is 41.8 Å². The smallest absolute Gasteiger partial charge is 0.422 e. The summed E-state index contributed by atoms with van der Waals surface area (Å²) in [5.41, 5.74) is 2.24. The lowest BCUT2D eigenvalue weighted by Gasteiger charge is -2.56. The lowest BCUT2D eigenvalue weighted by Crippen LogP contribution is -2.57. The van der Waals surface area contributed by atoms with Crippen LogP contribution in [0.5, 0.6) is 5.75 Å². The molecule has 14 heteroatoms. The maximum Gasteiger partial charge on any atom is 0.422 e. The number of hydrogen-bond acceptors (Lipinski definition) is 8. The highest BCUT2D eigenvalue weighted by atomic mass is 35.5. The molecule has 0 unspecified atom stereocenters. The quantitative estimate of drug-likeness (QED) is 0.343. The van der Waals surface area contributed by atoms with Gasteiger partial charge in [-0.3, -0.25) is 24.1 Å². The van der Waals surface area contributed by atoms with Gasteiger partial charge in [0.25, 0.3) is 5.91 Å². The van der Waals surface area contributed by atoms with Crippen molar-refractivity contribution in [2.45, 2.75) is 42.5 Å². The van der Waals surface area contributed by atoms with Gasteiger partial charge in [0.15, 0.2) is 11.4 Å². The van der Waals surface area contributed by atoms with E-state index in [1.54, 1.807) is 11.5 Å². The molecule has 0 radical (unpaired) electrons. The van der Waals surface area contributed by atoms with Crippen LogP contribution in [0.25, 0.3) is 0 Å². The average molecular weight is 506 g/mol. The molecule has 1 aromatic rings. The van der Waals surface area contributed by atoms with E-state index in [9.17, 15) is 27.1 Å². The Morgan fingerprint density at radius 2 is 1.91 bits per heavy atom. The van der Waals surface area contributed by atoms with Crippen molar-refractivity contribution in [3.63, 3.8) is 0 Å². The van der Waals surface area contributed by atoms with Crippen molar-refractivity contribution in [2.24, 2.45) is 0 Å². The first-order valence-corrected chi connectivity index (χ1v) is 11.3. The Balaban J connectivity index is 0.00000363. The summed E-state index contributed by atoms with van der Waals surface area (Å²) in [6.07, 6.45) is -2.02. The Labute approximate surface area is 191 Å². The normalized spacial score (nSPS) is 20.8. The number of amides is 1. The largest absolute Gasteiger partial charge is 0.483 e. The zero-order valence-electron chi connectivity index (χ0n) is 17.1. The number of halogens is 4. The van der Waals surface area contributed by atoms with Crippen LogP contribution in [0, 0.1) is 0 Å². The van der Waals surface area contributed by atoms with Gasteiger partial charge in [0.1, 0.15) is 5.75 Å². The number of carbonyl (C=O) groups excluding carboxylic acids is 1. The SMILES string of the molecule is Cl.O=C(NO)C1(S(O)(O)N2CCC(c3ccc(OCC(F)(F)F)cn3)CC2)CCOCC1. The number of nitrogens with zero attached hydrogens (tertiary/aromatic N) is 2. The predicted octanol–water partition coefficient (Wildman–Crippen LogP) is 3.34. The second-order valence-electron chi connectivity index (χ2n) is 7.59. The molecule has 4 N–H and O–H groups in total. The molecule has 0 atom stereocenters. The van der Waals surface area contributed by atoms with Gasteiger partial charge in [-0.05, 0) is 25.0 Å². The van der Waals surface area contributed by atoms with Crippen LogP contribution in [0.3, 0.4) is 0 Å². The fourth-order valence-corrected chi connectivity index (χ4v) is 6.19. The summed E-state index contributed by atoms with van der Waals surface area (Å²) in [6.45, 7) is -0.484. The Bertz CT molecular complexity index is 757. The first-order chi connectivity index (χ1) is 14.6. The molecule has 3 heterocycles. The van der Waals surface area contributed by atoms with Gasteiger partial charge >= 0.3 is 6.18 Å². The van der Waals surface area contributed by atoms with Gasteiger partial charge in [0.05, 0.1) is 6.20 Å². The number of ether oxygens (including phenoxy) is 2. The van der Waals surface area contributed by atoms with Crippen molar-refractivity contribution in [3.8, 4) is 5.75 Å². The number of piperidine rings is 1. The summed E-state index contributed by atoms with van der Waals surface area (Å²) in [5, 5.41) is 9.16. The molecule has 0 saturated carbocycles. The van der Waals surface area contributed by atoms with Crippen LogP contribution >= 0.6 is 23.2 Å². The van der Waals surface area contributed by atoms with Crippen LogP contribution in [-0.2, 0) is 9.53 Å². The van der Waals surface area contributed by atoms with Gasteiger partial charge in [-0.15, -0.1) is 23.2 Å². The molecular weight excluding hydrogens is 479 g/mol. The zero-order valence-corrected chi connectivity index (χ0v) is 18.7. The molecule has 32 heavy (non-hydrogen) atoms. The van der Waals surface area contributed by atoms with Crippen LogP contribution in [0.15, 0.2) is 18.3 Å². The summed E-state index contributed by atoms with van der Waals surface area (Å²) in [4.78, 5) is 16.6. The van der Waals surface area contributed by atoms with E-state index in [1.165, 1.54) is 16.6 Å². The molecule has 3 rings (SSSR count). The van der Waals surface area contributed by atoms with Crippen LogP contribution in [-0.4, -0.2) is 73.3 Å². The summed E-state index contributed by atoms with van der Waals surface area (Å²) < 4.78 is 68.7. The molecule has 1 amide bonds. The number of carbonyl (C=O) groups is 1. The second kappa shape index (κ2) is 10.7. The lowest BCUT2D eigenvalue weighted by atomic mass is 9.94. The maximum absolute atomic E-state index is 12.4. The van der Waals surface area contributed by atoms with Gasteiger partial charge in [0.2, 0.25) is 0 Å². The number of nitrogens with one attached hydrogen (secondary N) is 1. The van der Waals surface area contributed by atoms with E-state index < -0.39 is 34.2 Å². The van der Waals surface area contributed by atoms with Crippen molar-refractivity contribution in [1.29, 1.82) is 0 Å². The third kappa shape index (κ3) is 5.76. The minimum absolute atomic E-state index is 0. The highest BCUT2D eigenvalue weighted by Crippen LogP contribution is 2.60. The first-order valence-electron chi connectivity index (χ1n) is 9.80. The average Bonchev–Trinajstić information content (AvgIpc) is 2.77. The number of hydrogen-bond donors (Lipinski definition) is 4. The van der Waals surface area contributed by atoms with Crippen molar-refractivity contribution in [3.05, 3.63) is 24.0 Å². The molecule has 184 valence electrons. The van der Waals surface area contributed by atoms with Gasteiger partial charge in [-0.2, -0.15) is 13.2 Å². The molecule has 2 aliphatic rings. The van der Waals surface area contributed by atoms with Crippen LogP contribution in [0.1, 0.15) is 37.3 Å². The van der Waals surface area contributed by atoms with Gasteiger partial charge in [0, 0.05) is 50.8 Å². The van der Waals surface area contributed by atoms with Crippen LogP contribution < -0.4 is 10.2 Å². The minimum Gasteiger partial charge on any atom is -0.483 e. The molecule has 2 fully saturated rings. The standard InChI is InChI=1S/C18H26F3N3O6S.ClH/c19-18(20,21)12-30-14-1-2-15(22-11-14)13-3-7-24(8-4-13)31(27,28)17(16(25)23-26)5-9-29-10-6-17;/h1-2,11,13,26-28H,3-10,12H2,(H,23,25);1H. The Hall–Kier alpha value is -1.35. The van der Waals surface area contributed by atoms with Gasteiger partial charge in [-0.25, -0.2) is 9.79 Å². The topological polar surface area (TPSA) is 124 Å².